The summed E-state index contributed by atoms with van der Waals surface area (Å²) in [7, 11) is 0. The standard InChI is InChI=1S/C31H47N5O5/c1-19-24-18-36(26(19)20(2)37)28(38)27(30(3,4)5)35-29(39)41-31(6)15-10-12-21(31)11-8-7-9-13-22-23(40-24)17-33-25(34-22)14-16-32/h14,16-17,19,21,24,26-27,32-33H,7-13,15,18H2,1-6H3,(H,35,39)/b25-14+,32-16?/t19-,21-,24+,26+,27-,31-/m1/s1. The van der Waals surface area contributed by atoms with Gasteiger partial charge in [-0.25, -0.2) is 9.79 Å². The van der Waals surface area contributed by atoms with E-state index in [1.54, 1.807) is 17.2 Å². The van der Waals surface area contributed by atoms with Gasteiger partial charge in [-0.15, -0.1) is 0 Å². The van der Waals surface area contributed by atoms with Crippen molar-refractivity contribution in [2.75, 3.05) is 6.54 Å². The molecular weight excluding hydrogens is 522 g/mol. The van der Waals surface area contributed by atoms with Gasteiger partial charge < -0.3 is 30.4 Å². The smallest absolute Gasteiger partial charge is 0.408 e. The van der Waals surface area contributed by atoms with Crippen molar-refractivity contribution in [3.05, 3.63) is 23.9 Å². The van der Waals surface area contributed by atoms with Crippen molar-refractivity contribution >= 4 is 29.7 Å². The van der Waals surface area contributed by atoms with Crippen LogP contribution in [0.3, 0.4) is 0 Å². The maximum Gasteiger partial charge on any atom is 0.408 e. The highest BCUT2D eigenvalue weighted by atomic mass is 16.6. The molecular formula is C31H47N5O5. The van der Waals surface area contributed by atoms with E-state index in [1.807, 2.05) is 34.6 Å². The minimum atomic E-state index is -0.883. The molecule has 6 atom stereocenters. The number of carbonyl (C=O) groups is 3. The zero-order chi connectivity index (χ0) is 29.9. The Morgan fingerprint density at radius 3 is 2.61 bits per heavy atom. The molecule has 41 heavy (non-hydrogen) atoms. The molecule has 226 valence electrons. The average Bonchev–Trinajstić information content (AvgIpc) is 3.41. The van der Waals surface area contributed by atoms with Crippen molar-refractivity contribution in [2.45, 2.75) is 117 Å². The van der Waals surface area contributed by atoms with Gasteiger partial charge in [0, 0.05) is 18.3 Å². The molecule has 3 aliphatic heterocycles. The fourth-order valence-electron chi connectivity index (χ4n) is 6.81. The topological polar surface area (TPSA) is 133 Å². The molecule has 0 radical (unpaired) electrons. The summed E-state index contributed by atoms with van der Waals surface area (Å²) in [5, 5.41) is 13.4. The normalized spacial score (nSPS) is 34.4. The number of rotatable bonds is 2. The molecule has 3 N–H and O–H groups in total. The molecule has 4 aliphatic rings. The average molecular weight is 570 g/mol. The van der Waals surface area contributed by atoms with E-state index in [-0.39, 0.29) is 30.1 Å². The third kappa shape index (κ3) is 6.84. The van der Waals surface area contributed by atoms with E-state index in [1.165, 1.54) is 13.1 Å². The van der Waals surface area contributed by atoms with Crippen molar-refractivity contribution in [1.82, 2.24) is 15.5 Å². The number of amides is 2. The second kappa shape index (κ2) is 12.4. The van der Waals surface area contributed by atoms with Crippen molar-refractivity contribution in [3.63, 3.8) is 0 Å². The largest absolute Gasteiger partial charge is 0.485 e. The van der Waals surface area contributed by atoms with E-state index in [0.717, 1.165) is 50.7 Å². The van der Waals surface area contributed by atoms with Gasteiger partial charge in [0.1, 0.15) is 23.6 Å². The molecule has 0 aromatic rings. The second-order valence-corrected chi connectivity index (χ2v) is 13.3. The summed E-state index contributed by atoms with van der Waals surface area (Å²) in [5.41, 5.74) is -0.405. The first kappa shape index (κ1) is 30.8. The van der Waals surface area contributed by atoms with E-state index < -0.39 is 35.3 Å². The van der Waals surface area contributed by atoms with Crippen LogP contribution in [0.25, 0.3) is 0 Å². The lowest BCUT2D eigenvalue weighted by Crippen LogP contribution is -2.57. The number of Topliss-reactive ketones (excluding diaryl/α,β-unsaturated/α-hetero) is 1. The predicted octanol–water partition coefficient (Wildman–Crippen LogP) is 4.85. The zero-order valence-electron chi connectivity index (χ0n) is 25.4. The van der Waals surface area contributed by atoms with Crippen LogP contribution >= 0.6 is 0 Å². The summed E-state index contributed by atoms with van der Waals surface area (Å²) in [4.78, 5) is 46.6. The molecule has 1 saturated carbocycles. The van der Waals surface area contributed by atoms with Crippen LogP contribution in [0.15, 0.2) is 28.8 Å². The highest BCUT2D eigenvalue weighted by Gasteiger charge is 2.50. The fourth-order valence-corrected chi connectivity index (χ4v) is 6.81. The molecule has 3 fully saturated rings. The summed E-state index contributed by atoms with van der Waals surface area (Å²) >= 11 is 0. The van der Waals surface area contributed by atoms with Gasteiger partial charge in [-0.05, 0) is 69.8 Å². The number of fused-ring (bicyclic) bond motifs is 4. The number of carbonyl (C=O) groups excluding carboxylic acids is 3. The molecule has 4 rings (SSSR count). The molecule has 3 heterocycles. The highest BCUT2D eigenvalue weighted by molar-refractivity contribution is 6.00. The van der Waals surface area contributed by atoms with Gasteiger partial charge in [0.25, 0.3) is 0 Å². The highest BCUT2D eigenvalue weighted by Crippen LogP contribution is 2.42. The number of ether oxygens (including phenoxy) is 2. The van der Waals surface area contributed by atoms with Gasteiger partial charge >= 0.3 is 6.09 Å². The monoisotopic (exact) mass is 569 g/mol. The minimum Gasteiger partial charge on any atom is -0.485 e. The van der Waals surface area contributed by atoms with Crippen LogP contribution in [0.2, 0.25) is 0 Å². The SMILES string of the molecule is CC(=O)[C@@H]1[C@H](C)[C@@H]2CN1C(=O)[C@H](C(C)(C)C)NC(=O)O[C@]1(C)CCC[C@H]1CCCCCC1=N/C(=C/C=N)NC=C1O2. The molecule has 0 aromatic heterocycles. The van der Waals surface area contributed by atoms with Crippen LogP contribution < -0.4 is 10.6 Å². The summed E-state index contributed by atoms with van der Waals surface area (Å²) in [6.07, 6.45) is 10.9. The maximum absolute atomic E-state index is 14.1. The number of ketones is 1. The van der Waals surface area contributed by atoms with Gasteiger partial charge in [-0.3, -0.25) is 9.59 Å². The quantitative estimate of drug-likeness (QED) is 0.407. The van der Waals surface area contributed by atoms with Gasteiger partial charge in [0.05, 0.1) is 18.3 Å². The molecule has 0 unspecified atom stereocenters. The first-order valence-corrected chi connectivity index (χ1v) is 15.1. The van der Waals surface area contributed by atoms with Crippen LogP contribution in [0.1, 0.15) is 92.9 Å². The van der Waals surface area contributed by atoms with Crippen molar-refractivity contribution in [3.8, 4) is 0 Å². The molecule has 1 aliphatic carbocycles. The first-order chi connectivity index (χ1) is 19.3. The van der Waals surface area contributed by atoms with E-state index >= 15 is 0 Å². The summed E-state index contributed by atoms with van der Waals surface area (Å²) in [6.45, 7) is 11.4. The number of allylic oxidation sites excluding steroid dienone is 2. The Morgan fingerprint density at radius 2 is 1.93 bits per heavy atom. The Balaban J connectivity index is 1.68. The molecule has 2 bridgehead atoms. The van der Waals surface area contributed by atoms with Crippen molar-refractivity contribution < 1.29 is 23.9 Å². The van der Waals surface area contributed by atoms with Gasteiger partial charge in [-0.2, -0.15) is 0 Å². The summed E-state index contributed by atoms with van der Waals surface area (Å²) in [5.74, 6) is 0.715. The number of alkyl carbamates (subject to hydrolysis) is 1. The lowest BCUT2D eigenvalue weighted by Gasteiger charge is -2.37. The first-order valence-electron chi connectivity index (χ1n) is 15.1. The number of nitrogens with one attached hydrogen (secondary N) is 3. The Labute approximate surface area is 243 Å². The molecule has 10 heteroatoms. The van der Waals surface area contributed by atoms with Gasteiger partial charge in [0.15, 0.2) is 11.5 Å². The summed E-state index contributed by atoms with van der Waals surface area (Å²) < 4.78 is 12.6. The fraction of sp³-hybridized carbons (Fsp3) is 0.710. The lowest BCUT2D eigenvalue weighted by atomic mass is 9.85. The Kier molecular flexibility index (Phi) is 9.29. The summed E-state index contributed by atoms with van der Waals surface area (Å²) in [6, 6.07) is -1.56. The Bertz CT molecular complexity index is 1140. The molecule has 0 spiro atoms. The number of hydrogen-bond donors (Lipinski definition) is 3. The van der Waals surface area contributed by atoms with E-state index in [9.17, 15) is 14.4 Å². The maximum atomic E-state index is 14.1. The van der Waals surface area contributed by atoms with Crippen LogP contribution in [-0.4, -0.2) is 64.9 Å². The van der Waals surface area contributed by atoms with Crippen molar-refractivity contribution in [1.29, 1.82) is 5.41 Å². The molecule has 2 saturated heterocycles. The molecule has 10 nitrogen and oxygen atoms in total. The van der Waals surface area contributed by atoms with Crippen molar-refractivity contribution in [2.24, 2.45) is 22.2 Å². The Hall–Kier alpha value is -3.17. The lowest BCUT2D eigenvalue weighted by molar-refractivity contribution is -0.141. The third-order valence-corrected chi connectivity index (χ3v) is 9.16. The van der Waals surface area contributed by atoms with Crippen LogP contribution in [0.5, 0.6) is 0 Å². The van der Waals surface area contributed by atoms with E-state index in [0.29, 0.717) is 18.0 Å². The van der Waals surface area contributed by atoms with Gasteiger partial charge in [-0.1, -0.05) is 40.5 Å². The van der Waals surface area contributed by atoms with E-state index in [2.05, 4.69) is 10.6 Å². The molecule has 2 amide bonds. The minimum absolute atomic E-state index is 0.125. The second-order valence-electron chi connectivity index (χ2n) is 13.3. The van der Waals surface area contributed by atoms with Crippen LogP contribution in [0, 0.1) is 22.7 Å². The number of hydrogen-bond acceptors (Lipinski definition) is 8. The molecule has 0 aromatic carbocycles. The van der Waals surface area contributed by atoms with Crippen LogP contribution in [-0.2, 0) is 19.1 Å². The third-order valence-electron chi connectivity index (χ3n) is 9.16. The van der Waals surface area contributed by atoms with Gasteiger partial charge in [0.2, 0.25) is 5.91 Å². The Morgan fingerprint density at radius 1 is 1.20 bits per heavy atom. The number of aliphatic imine (C=N–C) groups is 1. The zero-order valence-corrected chi connectivity index (χ0v) is 25.4. The van der Waals surface area contributed by atoms with E-state index in [4.69, 9.17) is 19.9 Å². The predicted molar refractivity (Wildman–Crippen MR) is 157 cm³/mol. The van der Waals surface area contributed by atoms with Crippen LogP contribution in [0.4, 0.5) is 4.79 Å². The number of nitrogens with zero attached hydrogens (tertiary/aromatic N) is 2.